The van der Waals surface area contributed by atoms with Crippen molar-refractivity contribution in [3.8, 4) is 11.1 Å². The summed E-state index contributed by atoms with van der Waals surface area (Å²) < 4.78 is 0. The molecule has 4 aliphatic rings. The van der Waals surface area contributed by atoms with Gasteiger partial charge in [-0.2, -0.15) is 0 Å². The first-order valence-electron chi connectivity index (χ1n) is 13.4. The highest BCUT2D eigenvalue weighted by Gasteiger charge is 2.63. The molecule has 0 N–H and O–H groups in total. The maximum absolute atomic E-state index is 2.58. The van der Waals surface area contributed by atoms with E-state index >= 15 is 0 Å². The minimum Gasteiger partial charge on any atom is -0.361 e. The van der Waals surface area contributed by atoms with E-state index in [-0.39, 0.29) is 5.41 Å². The van der Waals surface area contributed by atoms with E-state index in [1.165, 1.54) is 45.1 Å². The Morgan fingerprint density at radius 2 is 0.973 bits per heavy atom. The van der Waals surface area contributed by atoms with Crippen LogP contribution >= 0.6 is 23.5 Å². The second kappa shape index (κ2) is 8.09. The van der Waals surface area contributed by atoms with E-state index in [1.54, 1.807) is 11.1 Å². The van der Waals surface area contributed by atoms with Gasteiger partial charge < -0.3 is 9.80 Å². The summed E-state index contributed by atoms with van der Waals surface area (Å²) >= 11 is 4.18. The molecule has 0 saturated heterocycles. The summed E-state index contributed by atoms with van der Waals surface area (Å²) in [6.45, 7) is 0. The normalized spacial score (nSPS) is 26.3. The SMILES string of the molecule is CN1c2ccccc2SC1C1CCC(C2Sc3ccccc3N2C)C12c1ccccc1-c1ccccc12. The summed E-state index contributed by atoms with van der Waals surface area (Å²) in [4.78, 5) is 8.01. The van der Waals surface area contributed by atoms with Crippen molar-refractivity contribution in [2.45, 2.75) is 38.8 Å². The van der Waals surface area contributed by atoms with Gasteiger partial charge in [-0.05, 0) is 59.4 Å². The van der Waals surface area contributed by atoms with Crippen molar-refractivity contribution in [2.75, 3.05) is 23.9 Å². The van der Waals surface area contributed by atoms with Crippen molar-refractivity contribution in [1.82, 2.24) is 0 Å². The fourth-order valence-electron chi connectivity index (χ4n) is 8.02. The fraction of sp³-hybridized carbons (Fsp3) is 0.273. The lowest BCUT2D eigenvalue weighted by atomic mass is 9.64. The van der Waals surface area contributed by atoms with E-state index in [0.717, 1.165) is 0 Å². The highest BCUT2D eigenvalue weighted by Crippen LogP contribution is 2.68. The first-order chi connectivity index (χ1) is 18.2. The number of fused-ring (bicyclic) bond motifs is 7. The van der Waals surface area contributed by atoms with E-state index in [9.17, 15) is 0 Å². The Morgan fingerprint density at radius 3 is 1.43 bits per heavy atom. The zero-order valence-electron chi connectivity index (χ0n) is 21.2. The van der Waals surface area contributed by atoms with E-state index < -0.39 is 0 Å². The number of anilines is 2. The molecule has 0 amide bonds. The van der Waals surface area contributed by atoms with Crippen molar-refractivity contribution >= 4 is 34.9 Å². The summed E-state index contributed by atoms with van der Waals surface area (Å²) in [5, 5.41) is 0.835. The lowest BCUT2D eigenvalue weighted by Gasteiger charge is -2.46. The Bertz CT molecular complexity index is 1420. The van der Waals surface area contributed by atoms with Crippen LogP contribution in [0.5, 0.6) is 0 Å². The van der Waals surface area contributed by atoms with Gasteiger partial charge >= 0.3 is 0 Å². The molecular weight excluding hydrogens is 489 g/mol. The van der Waals surface area contributed by atoms with Crippen LogP contribution in [-0.4, -0.2) is 24.8 Å². The topological polar surface area (TPSA) is 6.48 Å². The van der Waals surface area contributed by atoms with Crippen molar-refractivity contribution < 1.29 is 0 Å². The molecule has 0 aromatic heterocycles. The molecule has 2 heterocycles. The molecule has 1 spiro atoms. The average Bonchev–Trinajstić information content (AvgIpc) is 3.67. The molecule has 1 saturated carbocycles. The predicted molar refractivity (Wildman–Crippen MR) is 158 cm³/mol. The summed E-state index contributed by atoms with van der Waals surface area (Å²) in [5.41, 5.74) is 8.75. The lowest BCUT2D eigenvalue weighted by molar-refractivity contribution is 0.290. The van der Waals surface area contributed by atoms with Gasteiger partial charge in [-0.25, -0.2) is 0 Å². The van der Waals surface area contributed by atoms with Gasteiger partial charge in [-0.15, -0.1) is 0 Å². The van der Waals surface area contributed by atoms with Crippen LogP contribution in [0.1, 0.15) is 24.0 Å². The van der Waals surface area contributed by atoms with Crippen LogP contribution in [0.15, 0.2) is 107 Å². The first-order valence-corrected chi connectivity index (χ1v) is 15.1. The molecule has 4 aromatic carbocycles. The minimum atomic E-state index is -0.0187. The van der Waals surface area contributed by atoms with Gasteiger partial charge in [0.2, 0.25) is 0 Å². The third kappa shape index (κ3) is 2.86. The molecule has 8 rings (SSSR count). The van der Waals surface area contributed by atoms with Crippen molar-refractivity contribution in [1.29, 1.82) is 0 Å². The number of para-hydroxylation sites is 2. The van der Waals surface area contributed by atoms with E-state index in [4.69, 9.17) is 0 Å². The molecular formula is C33H30N2S2. The molecule has 37 heavy (non-hydrogen) atoms. The zero-order valence-corrected chi connectivity index (χ0v) is 22.8. The van der Waals surface area contributed by atoms with E-state index in [2.05, 4.69) is 144 Å². The van der Waals surface area contributed by atoms with E-state index in [0.29, 0.717) is 22.6 Å². The monoisotopic (exact) mass is 518 g/mol. The van der Waals surface area contributed by atoms with Crippen LogP contribution in [0, 0.1) is 11.8 Å². The average molecular weight is 519 g/mol. The van der Waals surface area contributed by atoms with Gasteiger partial charge in [0.05, 0.1) is 22.1 Å². The Morgan fingerprint density at radius 1 is 0.568 bits per heavy atom. The Balaban J connectivity index is 1.34. The number of rotatable bonds is 2. The largest absolute Gasteiger partial charge is 0.361 e. The number of benzene rings is 4. The second-order valence-corrected chi connectivity index (χ2v) is 13.2. The summed E-state index contributed by atoms with van der Waals surface area (Å²) in [6, 6.07) is 36.6. The maximum atomic E-state index is 2.58. The van der Waals surface area contributed by atoms with Gasteiger partial charge in [0, 0.05) is 41.1 Å². The van der Waals surface area contributed by atoms with Crippen molar-refractivity contribution in [2.24, 2.45) is 11.8 Å². The number of hydrogen-bond donors (Lipinski definition) is 0. The first kappa shape index (κ1) is 22.2. The third-order valence-electron chi connectivity index (χ3n) is 9.43. The molecule has 4 aromatic rings. The smallest absolute Gasteiger partial charge is 0.0834 e. The molecule has 2 aliphatic heterocycles. The van der Waals surface area contributed by atoms with Crippen LogP contribution in [0.2, 0.25) is 0 Å². The molecule has 2 nitrogen and oxygen atoms in total. The fourth-order valence-corrected chi connectivity index (χ4v) is 11.1. The van der Waals surface area contributed by atoms with Gasteiger partial charge in [-0.3, -0.25) is 0 Å². The lowest BCUT2D eigenvalue weighted by Crippen LogP contribution is -2.49. The van der Waals surface area contributed by atoms with Gasteiger partial charge in [0.15, 0.2) is 0 Å². The predicted octanol–water partition coefficient (Wildman–Crippen LogP) is 8.12. The molecule has 0 bridgehead atoms. The van der Waals surface area contributed by atoms with Crippen LogP contribution < -0.4 is 9.80 Å². The number of nitrogens with zero attached hydrogens (tertiary/aromatic N) is 2. The molecule has 1 fully saturated rings. The third-order valence-corrected chi connectivity index (χ3v) is 12.4. The van der Waals surface area contributed by atoms with E-state index in [1.807, 2.05) is 0 Å². The standard InChI is InChI=1S/C33H30N2S2/c1-34-27-15-7-9-17-29(27)36-31(34)25-19-20-26(32-35(2)28-16-8-10-18-30(28)37-32)33(25)23-13-5-3-11-21(23)22-12-4-6-14-24(22)33/h3-18,25-26,31-32H,19-20H2,1-2H3. The van der Waals surface area contributed by atoms with Gasteiger partial charge in [0.25, 0.3) is 0 Å². The van der Waals surface area contributed by atoms with Crippen LogP contribution in [-0.2, 0) is 5.41 Å². The summed E-state index contributed by atoms with van der Waals surface area (Å²) in [5.74, 6) is 1.03. The Labute approximate surface area is 228 Å². The molecule has 184 valence electrons. The van der Waals surface area contributed by atoms with Crippen LogP contribution in [0.3, 0.4) is 0 Å². The number of hydrogen-bond acceptors (Lipinski definition) is 4. The number of thioether (sulfide) groups is 2. The molecule has 2 aliphatic carbocycles. The van der Waals surface area contributed by atoms with Crippen molar-refractivity contribution in [3.05, 3.63) is 108 Å². The van der Waals surface area contributed by atoms with Gasteiger partial charge in [-0.1, -0.05) is 96.3 Å². The quantitative estimate of drug-likeness (QED) is 0.264. The molecule has 0 radical (unpaired) electrons. The Kier molecular flexibility index (Phi) is 4.85. The molecule has 4 atom stereocenters. The maximum Gasteiger partial charge on any atom is 0.0834 e. The van der Waals surface area contributed by atoms with Crippen LogP contribution in [0.4, 0.5) is 11.4 Å². The molecule has 4 unspecified atom stereocenters. The van der Waals surface area contributed by atoms with Crippen LogP contribution in [0.25, 0.3) is 11.1 Å². The van der Waals surface area contributed by atoms with Gasteiger partial charge in [0.1, 0.15) is 0 Å². The minimum absolute atomic E-state index is 0.0187. The Hall–Kier alpha value is -2.82. The second-order valence-electron chi connectivity index (χ2n) is 10.9. The molecule has 4 heteroatoms. The highest BCUT2D eigenvalue weighted by atomic mass is 32.2. The highest BCUT2D eigenvalue weighted by molar-refractivity contribution is 8.00. The summed E-state index contributed by atoms with van der Waals surface area (Å²) in [6.07, 6.45) is 2.48. The summed E-state index contributed by atoms with van der Waals surface area (Å²) in [7, 11) is 4.65. The zero-order chi connectivity index (χ0) is 24.7. The van der Waals surface area contributed by atoms with Crippen molar-refractivity contribution in [3.63, 3.8) is 0 Å².